The molecule has 0 aromatic carbocycles. The van der Waals surface area contributed by atoms with Gasteiger partial charge in [-0.25, -0.2) is 9.97 Å². The third kappa shape index (κ3) is 3.85. The van der Waals surface area contributed by atoms with Gasteiger partial charge >= 0.3 is 0 Å². The number of hydrogen-bond acceptors (Lipinski definition) is 6. The van der Waals surface area contributed by atoms with E-state index in [4.69, 9.17) is 0 Å². The van der Waals surface area contributed by atoms with Gasteiger partial charge in [0.25, 0.3) is 5.91 Å². The van der Waals surface area contributed by atoms with Crippen molar-refractivity contribution in [3.05, 3.63) is 35.9 Å². The first-order chi connectivity index (χ1) is 12.4. The fourth-order valence-electron chi connectivity index (χ4n) is 3.10. The van der Waals surface area contributed by atoms with Crippen LogP contribution in [-0.2, 0) is 6.54 Å². The smallest absolute Gasteiger partial charge is 0.269 e. The van der Waals surface area contributed by atoms with Gasteiger partial charge in [0.2, 0.25) is 5.95 Å². The standard InChI is InChI=1S/C18H26N6O2/c1-4-24-15(10-14(22-24)13(2)3)16(25)21-11-18(26)6-9-23(12-18)17-19-7-5-8-20-17/h5,7-8,10,13,26H,4,6,9,11-12H2,1-3H3,(H,21,25)/t18-/m0/s1. The van der Waals surface area contributed by atoms with Gasteiger partial charge in [0, 0.05) is 32.0 Å². The molecular formula is C18H26N6O2. The summed E-state index contributed by atoms with van der Waals surface area (Å²) in [6, 6.07) is 3.58. The summed E-state index contributed by atoms with van der Waals surface area (Å²) in [5, 5.41) is 18.1. The fraction of sp³-hybridized carbons (Fsp3) is 0.556. The largest absolute Gasteiger partial charge is 0.386 e. The number of amides is 1. The van der Waals surface area contributed by atoms with E-state index in [1.807, 2.05) is 31.7 Å². The van der Waals surface area contributed by atoms with Gasteiger partial charge in [-0.2, -0.15) is 5.10 Å². The van der Waals surface area contributed by atoms with Crippen molar-refractivity contribution in [1.29, 1.82) is 0 Å². The zero-order valence-electron chi connectivity index (χ0n) is 15.5. The van der Waals surface area contributed by atoms with Crippen LogP contribution in [0.15, 0.2) is 24.5 Å². The summed E-state index contributed by atoms with van der Waals surface area (Å²) in [7, 11) is 0. The van der Waals surface area contributed by atoms with E-state index in [-0.39, 0.29) is 18.4 Å². The van der Waals surface area contributed by atoms with E-state index in [9.17, 15) is 9.90 Å². The molecule has 0 bridgehead atoms. The van der Waals surface area contributed by atoms with Crippen LogP contribution in [0.3, 0.4) is 0 Å². The molecule has 2 aromatic rings. The monoisotopic (exact) mass is 358 g/mol. The number of hydrogen-bond donors (Lipinski definition) is 2. The molecule has 1 saturated heterocycles. The number of carbonyl (C=O) groups excluding carboxylic acids is 1. The summed E-state index contributed by atoms with van der Waals surface area (Å²) in [6.45, 7) is 7.90. The summed E-state index contributed by atoms with van der Waals surface area (Å²) in [6.07, 6.45) is 3.91. The van der Waals surface area contributed by atoms with Crippen LogP contribution in [0.25, 0.3) is 0 Å². The lowest BCUT2D eigenvalue weighted by Crippen LogP contribution is -2.45. The number of aliphatic hydroxyl groups is 1. The minimum absolute atomic E-state index is 0.182. The molecule has 1 aliphatic rings. The lowest BCUT2D eigenvalue weighted by molar-refractivity contribution is 0.0572. The molecule has 0 radical (unpaired) electrons. The Morgan fingerprint density at radius 2 is 2.12 bits per heavy atom. The van der Waals surface area contributed by atoms with Crippen molar-refractivity contribution in [1.82, 2.24) is 25.1 Å². The SMILES string of the molecule is CCn1nc(C(C)C)cc1C(=O)NC[C@@]1(O)CCN(c2ncccn2)C1. The topological polar surface area (TPSA) is 96.2 Å². The van der Waals surface area contributed by atoms with Crippen LogP contribution in [0.2, 0.25) is 0 Å². The summed E-state index contributed by atoms with van der Waals surface area (Å²) < 4.78 is 1.70. The number of nitrogens with zero attached hydrogens (tertiary/aromatic N) is 5. The van der Waals surface area contributed by atoms with E-state index < -0.39 is 5.60 Å². The van der Waals surface area contributed by atoms with Gasteiger partial charge in [-0.1, -0.05) is 13.8 Å². The molecule has 3 heterocycles. The van der Waals surface area contributed by atoms with Crippen LogP contribution >= 0.6 is 0 Å². The van der Waals surface area contributed by atoms with Gasteiger partial charge in [0.15, 0.2) is 0 Å². The molecule has 2 aromatic heterocycles. The van der Waals surface area contributed by atoms with E-state index >= 15 is 0 Å². The highest BCUT2D eigenvalue weighted by Crippen LogP contribution is 2.24. The third-order valence-electron chi connectivity index (χ3n) is 4.67. The van der Waals surface area contributed by atoms with E-state index in [1.54, 1.807) is 23.1 Å². The Bertz CT molecular complexity index is 760. The number of carbonyl (C=O) groups is 1. The average molecular weight is 358 g/mol. The van der Waals surface area contributed by atoms with Crippen LogP contribution in [0.1, 0.15) is 49.3 Å². The molecule has 0 spiro atoms. The molecule has 140 valence electrons. The average Bonchev–Trinajstić information content (AvgIpc) is 3.25. The summed E-state index contributed by atoms with van der Waals surface area (Å²) in [4.78, 5) is 23.0. The predicted molar refractivity (Wildman–Crippen MR) is 98.1 cm³/mol. The maximum absolute atomic E-state index is 12.6. The van der Waals surface area contributed by atoms with Crippen molar-refractivity contribution in [2.75, 3.05) is 24.5 Å². The van der Waals surface area contributed by atoms with Crippen LogP contribution in [0.5, 0.6) is 0 Å². The fourth-order valence-corrected chi connectivity index (χ4v) is 3.10. The Morgan fingerprint density at radius 3 is 2.77 bits per heavy atom. The Labute approximate surface area is 153 Å². The minimum atomic E-state index is -0.993. The zero-order valence-corrected chi connectivity index (χ0v) is 15.5. The van der Waals surface area contributed by atoms with Crippen molar-refractivity contribution < 1.29 is 9.90 Å². The molecule has 26 heavy (non-hydrogen) atoms. The first kappa shape index (κ1) is 18.3. The maximum atomic E-state index is 12.6. The first-order valence-electron chi connectivity index (χ1n) is 9.02. The van der Waals surface area contributed by atoms with Crippen molar-refractivity contribution in [2.24, 2.45) is 0 Å². The zero-order chi connectivity index (χ0) is 18.7. The van der Waals surface area contributed by atoms with Gasteiger partial charge in [0.05, 0.1) is 12.2 Å². The van der Waals surface area contributed by atoms with Gasteiger partial charge in [-0.05, 0) is 31.4 Å². The van der Waals surface area contributed by atoms with Crippen molar-refractivity contribution in [3.63, 3.8) is 0 Å². The lowest BCUT2D eigenvalue weighted by atomic mass is 10.0. The normalized spacial score (nSPS) is 20.0. The highest BCUT2D eigenvalue weighted by molar-refractivity contribution is 5.92. The number of aromatic nitrogens is 4. The molecule has 0 aliphatic carbocycles. The van der Waals surface area contributed by atoms with Gasteiger partial charge in [-0.3, -0.25) is 9.48 Å². The summed E-state index contributed by atoms with van der Waals surface area (Å²) in [5.74, 6) is 0.641. The number of β-amino-alcohol motifs (C(OH)–C–C–N with tert-alkyl or cyclic N) is 1. The van der Waals surface area contributed by atoms with Crippen LogP contribution in [0, 0.1) is 0 Å². The molecule has 2 N–H and O–H groups in total. The number of rotatable bonds is 6. The minimum Gasteiger partial charge on any atom is -0.386 e. The van der Waals surface area contributed by atoms with Gasteiger partial charge in [-0.15, -0.1) is 0 Å². The Kier molecular flexibility index (Phi) is 5.22. The van der Waals surface area contributed by atoms with Gasteiger partial charge < -0.3 is 15.3 Å². The highest BCUT2D eigenvalue weighted by atomic mass is 16.3. The molecule has 1 atom stereocenters. The molecular weight excluding hydrogens is 332 g/mol. The van der Waals surface area contributed by atoms with Gasteiger partial charge in [0.1, 0.15) is 11.3 Å². The molecule has 1 fully saturated rings. The van der Waals surface area contributed by atoms with Crippen LogP contribution < -0.4 is 10.2 Å². The molecule has 3 rings (SSSR count). The Morgan fingerprint density at radius 1 is 1.38 bits per heavy atom. The van der Waals surface area contributed by atoms with E-state index in [0.29, 0.717) is 37.7 Å². The van der Waals surface area contributed by atoms with Crippen molar-refractivity contribution in [2.45, 2.75) is 45.3 Å². The molecule has 0 unspecified atom stereocenters. The molecule has 8 nitrogen and oxygen atoms in total. The maximum Gasteiger partial charge on any atom is 0.269 e. The summed E-state index contributed by atoms with van der Waals surface area (Å²) >= 11 is 0. The second kappa shape index (κ2) is 7.41. The predicted octanol–water partition coefficient (Wildman–Crippen LogP) is 1.19. The number of anilines is 1. The first-order valence-corrected chi connectivity index (χ1v) is 9.02. The quantitative estimate of drug-likeness (QED) is 0.805. The number of aryl methyl sites for hydroxylation is 1. The van der Waals surface area contributed by atoms with E-state index in [1.165, 1.54) is 0 Å². The van der Waals surface area contributed by atoms with Crippen molar-refractivity contribution >= 4 is 11.9 Å². The third-order valence-corrected chi connectivity index (χ3v) is 4.67. The van der Waals surface area contributed by atoms with Crippen LogP contribution in [-0.4, -0.2) is 56.0 Å². The second-order valence-corrected chi connectivity index (χ2v) is 7.05. The molecule has 1 amide bonds. The van der Waals surface area contributed by atoms with Crippen LogP contribution in [0.4, 0.5) is 5.95 Å². The van der Waals surface area contributed by atoms with E-state index in [2.05, 4.69) is 20.4 Å². The molecule has 0 saturated carbocycles. The van der Waals surface area contributed by atoms with Crippen molar-refractivity contribution in [3.8, 4) is 0 Å². The molecule has 8 heteroatoms. The highest BCUT2D eigenvalue weighted by Gasteiger charge is 2.37. The Hall–Kier alpha value is -2.48. The second-order valence-electron chi connectivity index (χ2n) is 7.05. The Balaban J connectivity index is 1.63. The summed E-state index contributed by atoms with van der Waals surface area (Å²) in [5.41, 5.74) is 0.428. The van der Waals surface area contributed by atoms with E-state index in [0.717, 1.165) is 5.69 Å². The lowest BCUT2D eigenvalue weighted by Gasteiger charge is -2.23. The number of nitrogens with one attached hydrogen (secondary N) is 1. The molecule has 1 aliphatic heterocycles.